The van der Waals surface area contributed by atoms with Crippen LogP contribution in [0, 0.1) is 23.5 Å². The molecule has 1 nitrogen and oxygen atoms in total. The minimum absolute atomic E-state index is 0. The molecule has 0 spiro atoms. The average Bonchev–Trinajstić information content (AvgIpc) is 1.97. The van der Waals surface area contributed by atoms with E-state index in [-0.39, 0.29) is 51.4 Å². The number of hydrogen-bond donors (Lipinski definition) is 0. The van der Waals surface area contributed by atoms with Gasteiger partial charge in [0.1, 0.15) is 5.82 Å². The van der Waals surface area contributed by atoms with Gasteiger partial charge >= 0.3 is 51.4 Å². The topological polar surface area (TPSA) is 12.9 Å². The van der Waals surface area contributed by atoms with Gasteiger partial charge in [0.05, 0.1) is 0 Å². The first-order valence-corrected chi connectivity index (χ1v) is 2.49. The number of pyridine rings is 1. The third-order valence-corrected chi connectivity index (χ3v) is 1.03. The molecule has 0 aromatic carbocycles. The van der Waals surface area contributed by atoms with Crippen molar-refractivity contribution in [2.75, 3.05) is 0 Å². The van der Waals surface area contributed by atoms with Gasteiger partial charge in [-0.2, -0.15) is 18.2 Å². The Hall–Kier alpha value is 0.571. The summed E-state index contributed by atoms with van der Waals surface area (Å²) in [5.41, 5.74) is -1.12. The van der Waals surface area contributed by atoms with Crippen molar-refractivity contribution in [2.24, 2.45) is 0 Å². The summed E-state index contributed by atoms with van der Waals surface area (Å²) in [5.74, 6) is -7.02. The second-order valence-electron chi connectivity index (χ2n) is 1.74. The molecule has 57 valence electrons. The normalized spacial score (nSPS) is 9.42. The van der Waals surface area contributed by atoms with Crippen LogP contribution in [0.25, 0.3) is 0 Å². The van der Waals surface area contributed by atoms with E-state index in [9.17, 15) is 17.6 Å². The molecular weight excluding hydrogens is 200 g/mol. The third kappa shape index (κ3) is 2.29. The predicted molar refractivity (Wildman–Crippen MR) is 29.5 cm³/mol. The summed E-state index contributed by atoms with van der Waals surface area (Å²) < 4.78 is 48.5. The molecule has 1 aromatic heterocycles. The van der Waals surface area contributed by atoms with Crippen molar-refractivity contribution < 1.29 is 68.9 Å². The van der Waals surface area contributed by atoms with Crippen LogP contribution >= 0.6 is 0 Å². The molecule has 0 bridgehead atoms. The van der Waals surface area contributed by atoms with E-state index in [0.717, 1.165) is 0 Å². The molecule has 0 unspecified atom stereocenters. The molecule has 0 saturated carbocycles. The van der Waals surface area contributed by atoms with Crippen molar-refractivity contribution in [1.29, 1.82) is 0 Å². The molecule has 0 aliphatic carbocycles. The molecule has 0 aliphatic heterocycles. The molecule has 0 saturated heterocycles. The minimum atomic E-state index is -1.87. The Kier molecular flexibility index (Phi) is 4.93. The molecule has 7 heteroatoms. The summed E-state index contributed by atoms with van der Waals surface area (Å²) in [7, 11) is 4.63. The Labute approximate surface area is 109 Å². The zero-order valence-corrected chi connectivity index (χ0v) is 9.16. The van der Waals surface area contributed by atoms with E-state index in [1.165, 1.54) is 0 Å². The Morgan fingerprint density at radius 1 is 0.917 bits per heavy atom. The van der Waals surface area contributed by atoms with Crippen LogP contribution in [0.2, 0.25) is 0 Å². The largest absolute Gasteiger partial charge is 1.00 e. The van der Waals surface area contributed by atoms with E-state index < -0.39 is 29.0 Å². The summed E-state index contributed by atoms with van der Waals surface area (Å²) in [6, 6.07) is 0. The van der Waals surface area contributed by atoms with Crippen LogP contribution in [0.15, 0.2) is 0 Å². The first-order valence-electron chi connectivity index (χ1n) is 2.49. The van der Waals surface area contributed by atoms with Gasteiger partial charge < -0.3 is 7.85 Å². The molecule has 0 atom stereocenters. The van der Waals surface area contributed by atoms with Crippen LogP contribution in [0.3, 0.4) is 0 Å². The van der Waals surface area contributed by atoms with Crippen LogP contribution < -0.4 is 56.8 Å². The fourth-order valence-electron chi connectivity index (χ4n) is 0.495. The average molecular weight is 200 g/mol. The molecule has 1 rings (SSSR count). The number of aromatic nitrogens is 1. The van der Waals surface area contributed by atoms with Gasteiger partial charge in [0, 0.05) is 0 Å². The fraction of sp³-hybridized carbons (Fsp3) is 0. The van der Waals surface area contributed by atoms with Gasteiger partial charge in [-0.15, -0.1) is 0 Å². The van der Waals surface area contributed by atoms with Gasteiger partial charge in [-0.25, -0.2) is 9.85 Å². The third-order valence-electron chi connectivity index (χ3n) is 1.03. The van der Waals surface area contributed by atoms with Crippen molar-refractivity contribution >= 4 is 13.3 Å². The summed E-state index contributed by atoms with van der Waals surface area (Å²) in [4.78, 5) is 2.36. The maximum atomic E-state index is 12.2. The molecule has 0 aliphatic rings. The molecule has 3 radical (unpaired) electrons. The van der Waals surface area contributed by atoms with Crippen molar-refractivity contribution in [3.8, 4) is 0 Å². The standard InChI is InChI=1S/C5BF4N.K/c6-1-2(7)3(8)5(10)11-4(1)9;/q-1;+1. The van der Waals surface area contributed by atoms with Crippen molar-refractivity contribution in [3.63, 3.8) is 0 Å². The van der Waals surface area contributed by atoms with Gasteiger partial charge in [-0.1, -0.05) is 0 Å². The van der Waals surface area contributed by atoms with Gasteiger partial charge in [0.2, 0.25) is 5.82 Å². The maximum Gasteiger partial charge on any atom is 1.00 e. The molecule has 1 aromatic rings. The SMILES string of the molecule is [B-]c1c(F)nc(F)c(F)c1F.[K+]. The monoisotopic (exact) mass is 200 g/mol. The van der Waals surface area contributed by atoms with E-state index >= 15 is 0 Å². The number of rotatable bonds is 0. The van der Waals surface area contributed by atoms with Crippen molar-refractivity contribution in [3.05, 3.63) is 23.5 Å². The molecular formula is C5BF4KN. The van der Waals surface area contributed by atoms with E-state index in [4.69, 9.17) is 0 Å². The quantitative estimate of drug-likeness (QED) is 0.255. The van der Waals surface area contributed by atoms with E-state index in [1.54, 1.807) is 0 Å². The van der Waals surface area contributed by atoms with Crippen LogP contribution in [0.5, 0.6) is 0 Å². The summed E-state index contributed by atoms with van der Waals surface area (Å²) >= 11 is 0. The van der Waals surface area contributed by atoms with E-state index in [0.29, 0.717) is 0 Å². The summed E-state index contributed by atoms with van der Waals surface area (Å²) in [5, 5.41) is 0. The number of nitrogens with zero attached hydrogens (tertiary/aromatic N) is 1. The van der Waals surface area contributed by atoms with Crippen LogP contribution in [-0.2, 0) is 0 Å². The van der Waals surface area contributed by atoms with Crippen LogP contribution in [0.1, 0.15) is 0 Å². The molecule has 0 N–H and O–H groups in total. The molecule has 0 amide bonds. The Balaban J connectivity index is 0.00000121. The second kappa shape index (κ2) is 4.71. The van der Waals surface area contributed by atoms with E-state index in [2.05, 4.69) is 12.8 Å². The molecule has 0 fully saturated rings. The summed E-state index contributed by atoms with van der Waals surface area (Å²) in [6.07, 6.45) is 0. The number of hydrogen-bond acceptors (Lipinski definition) is 1. The van der Waals surface area contributed by atoms with Crippen LogP contribution in [0.4, 0.5) is 17.6 Å². The van der Waals surface area contributed by atoms with Crippen molar-refractivity contribution in [1.82, 2.24) is 4.98 Å². The number of halogens is 4. The predicted octanol–water partition coefficient (Wildman–Crippen LogP) is -2.56. The first-order chi connectivity index (χ1) is 5.04. The fourth-order valence-corrected chi connectivity index (χ4v) is 0.495. The second-order valence-corrected chi connectivity index (χ2v) is 1.74. The Bertz CT molecular complexity index is 280. The molecule has 1 heterocycles. The van der Waals surface area contributed by atoms with Crippen molar-refractivity contribution in [2.45, 2.75) is 0 Å². The zero-order chi connectivity index (χ0) is 8.59. The van der Waals surface area contributed by atoms with Gasteiger partial charge in [-0.05, 0) is 0 Å². The smallest absolute Gasteiger partial charge is 0.570 e. The van der Waals surface area contributed by atoms with Gasteiger partial charge in [0.15, 0.2) is 5.95 Å². The van der Waals surface area contributed by atoms with E-state index in [1.807, 2.05) is 0 Å². The summed E-state index contributed by atoms with van der Waals surface area (Å²) in [6.45, 7) is 0. The van der Waals surface area contributed by atoms with Gasteiger partial charge in [0.25, 0.3) is 5.95 Å². The Morgan fingerprint density at radius 3 is 1.92 bits per heavy atom. The van der Waals surface area contributed by atoms with Crippen LogP contribution in [-0.4, -0.2) is 12.8 Å². The minimum Gasteiger partial charge on any atom is -0.570 e. The Morgan fingerprint density at radius 2 is 1.42 bits per heavy atom. The zero-order valence-electron chi connectivity index (χ0n) is 6.04. The first kappa shape index (κ1) is 12.6. The molecule has 12 heavy (non-hydrogen) atoms. The van der Waals surface area contributed by atoms with Gasteiger partial charge in [-0.3, -0.25) is 0 Å². The maximum absolute atomic E-state index is 12.2.